The van der Waals surface area contributed by atoms with Crippen molar-refractivity contribution in [2.75, 3.05) is 19.3 Å². The highest BCUT2D eigenvalue weighted by Crippen LogP contribution is 2.21. The lowest BCUT2D eigenvalue weighted by atomic mass is 10.2. The molecular weight excluding hydrogens is 310 g/mol. The summed E-state index contributed by atoms with van der Waals surface area (Å²) in [5, 5.41) is 9.27. The van der Waals surface area contributed by atoms with Crippen LogP contribution in [0.2, 0.25) is 5.02 Å². The van der Waals surface area contributed by atoms with Gasteiger partial charge in [-0.15, -0.1) is 11.8 Å². The Morgan fingerprint density at radius 3 is 2.48 bits per heavy atom. The van der Waals surface area contributed by atoms with E-state index in [-0.39, 0.29) is 12.3 Å². The van der Waals surface area contributed by atoms with Crippen LogP contribution >= 0.6 is 23.4 Å². The molecule has 1 N–H and O–H groups in total. The quantitative estimate of drug-likeness (QED) is 0.556. The number of hydrogen-bond acceptors (Lipinski definition) is 3. The van der Waals surface area contributed by atoms with Gasteiger partial charge in [-0.2, -0.15) is 0 Å². The van der Waals surface area contributed by atoms with Gasteiger partial charge in [-0.25, -0.2) is 0 Å². The fourth-order valence-electron chi connectivity index (χ4n) is 1.73. The van der Waals surface area contributed by atoms with Crippen LogP contribution in [0.5, 0.6) is 0 Å². The van der Waals surface area contributed by atoms with Crippen molar-refractivity contribution in [2.45, 2.75) is 30.6 Å². The highest BCUT2D eigenvalue weighted by molar-refractivity contribution is 7.99. The molecule has 0 saturated heterocycles. The molecule has 0 saturated carbocycles. The van der Waals surface area contributed by atoms with Crippen LogP contribution in [0.1, 0.15) is 25.7 Å². The Morgan fingerprint density at radius 2 is 1.86 bits per heavy atom. The normalized spacial score (nSPS) is 10.4. The van der Waals surface area contributed by atoms with Gasteiger partial charge in [0.15, 0.2) is 0 Å². The van der Waals surface area contributed by atoms with Crippen LogP contribution in [-0.4, -0.2) is 41.2 Å². The van der Waals surface area contributed by atoms with Gasteiger partial charge in [-0.3, -0.25) is 9.59 Å². The zero-order chi connectivity index (χ0) is 15.7. The van der Waals surface area contributed by atoms with Crippen LogP contribution in [0.3, 0.4) is 0 Å². The minimum Gasteiger partial charge on any atom is -0.481 e. The summed E-state index contributed by atoms with van der Waals surface area (Å²) in [7, 11) is 1.72. The summed E-state index contributed by atoms with van der Waals surface area (Å²) in [4.78, 5) is 25.0. The van der Waals surface area contributed by atoms with E-state index in [1.165, 1.54) is 0 Å². The van der Waals surface area contributed by atoms with E-state index >= 15 is 0 Å². The average molecular weight is 330 g/mol. The molecule has 1 amide bonds. The molecule has 0 radical (unpaired) electrons. The summed E-state index contributed by atoms with van der Waals surface area (Å²) in [6, 6.07) is 7.64. The third kappa shape index (κ3) is 7.97. The molecule has 0 bridgehead atoms. The van der Waals surface area contributed by atoms with Gasteiger partial charge in [-0.05, 0) is 42.9 Å². The number of carboxylic acid groups (broad SMARTS) is 1. The second-order valence-electron chi connectivity index (χ2n) is 4.72. The monoisotopic (exact) mass is 329 g/mol. The zero-order valence-corrected chi connectivity index (χ0v) is 13.6. The molecule has 1 aromatic rings. The molecular formula is C15H20ClNO3S. The maximum absolute atomic E-state index is 11.8. The van der Waals surface area contributed by atoms with Crippen molar-refractivity contribution < 1.29 is 14.7 Å². The van der Waals surface area contributed by atoms with Gasteiger partial charge in [0.05, 0.1) is 0 Å². The van der Waals surface area contributed by atoms with Crippen LogP contribution in [0.4, 0.5) is 0 Å². The molecule has 1 aromatic carbocycles. The Morgan fingerprint density at radius 1 is 1.19 bits per heavy atom. The molecule has 0 unspecified atom stereocenters. The molecule has 0 aliphatic heterocycles. The zero-order valence-electron chi connectivity index (χ0n) is 12.0. The molecule has 0 atom stereocenters. The molecule has 6 heteroatoms. The number of benzene rings is 1. The van der Waals surface area contributed by atoms with E-state index in [4.69, 9.17) is 16.7 Å². The van der Waals surface area contributed by atoms with Gasteiger partial charge in [-0.1, -0.05) is 11.6 Å². The Balaban J connectivity index is 2.15. The Kier molecular flexibility index (Phi) is 8.23. The second-order valence-corrected chi connectivity index (χ2v) is 6.32. The Labute approximate surface area is 134 Å². The molecule has 0 aliphatic rings. The molecule has 0 heterocycles. The summed E-state index contributed by atoms with van der Waals surface area (Å²) < 4.78 is 0. The van der Waals surface area contributed by atoms with E-state index in [1.807, 2.05) is 24.3 Å². The predicted octanol–water partition coefficient (Wildman–Crippen LogP) is 3.54. The third-order valence-electron chi connectivity index (χ3n) is 2.93. The van der Waals surface area contributed by atoms with E-state index in [2.05, 4.69) is 0 Å². The predicted molar refractivity (Wildman–Crippen MR) is 85.9 cm³/mol. The number of nitrogens with zero attached hydrogens (tertiary/aromatic N) is 1. The van der Waals surface area contributed by atoms with Crippen molar-refractivity contribution in [3.8, 4) is 0 Å². The van der Waals surface area contributed by atoms with E-state index in [0.29, 0.717) is 19.4 Å². The van der Waals surface area contributed by atoms with Crippen molar-refractivity contribution in [3.05, 3.63) is 29.3 Å². The SMILES string of the molecule is CN(CCCC(=O)O)C(=O)CCCSc1ccc(Cl)cc1. The standard InChI is InChI=1S/C15H20ClNO3S/c1-17(10-2-5-15(19)20)14(18)4-3-11-21-13-8-6-12(16)7-9-13/h6-9H,2-5,10-11H2,1H3,(H,19,20). The van der Waals surface area contributed by atoms with Crippen LogP contribution in [-0.2, 0) is 9.59 Å². The number of rotatable bonds is 9. The molecule has 1 rings (SSSR count). The minimum atomic E-state index is -0.824. The molecule has 0 aliphatic carbocycles. The van der Waals surface area contributed by atoms with E-state index in [9.17, 15) is 9.59 Å². The van der Waals surface area contributed by atoms with Gasteiger partial charge in [0, 0.05) is 36.4 Å². The van der Waals surface area contributed by atoms with Crippen LogP contribution in [0, 0.1) is 0 Å². The number of halogens is 1. The topological polar surface area (TPSA) is 57.6 Å². The maximum atomic E-state index is 11.8. The van der Waals surface area contributed by atoms with Gasteiger partial charge in [0.25, 0.3) is 0 Å². The molecule has 116 valence electrons. The summed E-state index contributed by atoms with van der Waals surface area (Å²) >= 11 is 7.51. The number of aliphatic carboxylic acids is 1. The van der Waals surface area contributed by atoms with Crippen molar-refractivity contribution in [1.82, 2.24) is 4.90 Å². The summed E-state index contributed by atoms with van der Waals surface area (Å²) in [5.74, 6) is 0.114. The van der Waals surface area contributed by atoms with E-state index in [0.717, 1.165) is 22.1 Å². The summed E-state index contributed by atoms with van der Waals surface area (Å²) in [6.07, 6.45) is 1.89. The lowest BCUT2D eigenvalue weighted by molar-refractivity contribution is -0.138. The number of hydrogen-bond donors (Lipinski definition) is 1. The van der Waals surface area contributed by atoms with Gasteiger partial charge >= 0.3 is 5.97 Å². The largest absolute Gasteiger partial charge is 0.481 e. The van der Waals surface area contributed by atoms with Crippen LogP contribution in [0.15, 0.2) is 29.2 Å². The first-order chi connectivity index (χ1) is 9.99. The highest BCUT2D eigenvalue weighted by atomic mass is 35.5. The molecule has 0 fully saturated rings. The van der Waals surface area contributed by atoms with Crippen molar-refractivity contribution >= 4 is 35.2 Å². The lowest BCUT2D eigenvalue weighted by Crippen LogP contribution is -2.27. The lowest BCUT2D eigenvalue weighted by Gasteiger charge is -2.16. The average Bonchev–Trinajstić information content (AvgIpc) is 2.44. The van der Waals surface area contributed by atoms with Crippen molar-refractivity contribution in [1.29, 1.82) is 0 Å². The van der Waals surface area contributed by atoms with Gasteiger partial charge in [0.1, 0.15) is 0 Å². The maximum Gasteiger partial charge on any atom is 0.303 e. The molecule has 21 heavy (non-hydrogen) atoms. The molecule has 4 nitrogen and oxygen atoms in total. The molecule has 0 aromatic heterocycles. The van der Waals surface area contributed by atoms with Crippen molar-refractivity contribution in [3.63, 3.8) is 0 Å². The number of carbonyl (C=O) groups is 2. The first kappa shape index (κ1) is 17.9. The number of carbonyl (C=O) groups excluding carboxylic acids is 1. The smallest absolute Gasteiger partial charge is 0.303 e. The second kappa shape index (κ2) is 9.68. The number of thioether (sulfide) groups is 1. The Hall–Kier alpha value is -1.20. The summed E-state index contributed by atoms with van der Waals surface area (Å²) in [6.45, 7) is 0.495. The van der Waals surface area contributed by atoms with Gasteiger partial charge < -0.3 is 10.0 Å². The first-order valence-electron chi connectivity index (χ1n) is 6.83. The fraction of sp³-hybridized carbons (Fsp3) is 0.467. The number of amides is 1. The minimum absolute atomic E-state index is 0.0668. The first-order valence-corrected chi connectivity index (χ1v) is 8.19. The van der Waals surface area contributed by atoms with Crippen molar-refractivity contribution in [2.24, 2.45) is 0 Å². The van der Waals surface area contributed by atoms with Gasteiger partial charge in [0.2, 0.25) is 5.91 Å². The highest BCUT2D eigenvalue weighted by Gasteiger charge is 2.08. The summed E-state index contributed by atoms with van der Waals surface area (Å²) in [5.41, 5.74) is 0. The van der Waals surface area contributed by atoms with Crippen LogP contribution < -0.4 is 0 Å². The van der Waals surface area contributed by atoms with E-state index < -0.39 is 5.97 Å². The van der Waals surface area contributed by atoms with Crippen LogP contribution in [0.25, 0.3) is 0 Å². The van der Waals surface area contributed by atoms with E-state index in [1.54, 1.807) is 23.7 Å². The number of carboxylic acids is 1. The molecule has 0 spiro atoms. The fourth-order valence-corrected chi connectivity index (χ4v) is 2.71. The Bertz CT molecular complexity index is 464. The third-order valence-corrected chi connectivity index (χ3v) is 4.28.